The molecule has 15 heavy (non-hydrogen) atoms. The van der Waals surface area contributed by atoms with Crippen molar-refractivity contribution in [3.05, 3.63) is 0 Å². The average Bonchev–Trinajstić information content (AvgIpc) is 1.90. The smallest absolute Gasteiger partial charge is 0.396 e. The Bertz CT molecular complexity index is 207. The zero-order valence-electron chi connectivity index (χ0n) is 7.62. The molecule has 0 atom stereocenters. The van der Waals surface area contributed by atoms with Crippen LogP contribution in [0.3, 0.4) is 0 Å². The minimum Gasteiger partial charge on any atom is -0.396 e. The summed E-state index contributed by atoms with van der Waals surface area (Å²) in [5, 5.41) is 8.73. The predicted octanol–water partition coefficient (Wildman–Crippen LogP) is 2.89. The van der Waals surface area contributed by atoms with Crippen LogP contribution in [0.4, 0.5) is 26.3 Å². The maximum Gasteiger partial charge on any atom is 0.401 e. The van der Waals surface area contributed by atoms with Crippen LogP contribution in [0.5, 0.6) is 0 Å². The van der Waals surface area contributed by atoms with Crippen LogP contribution in [0.2, 0.25) is 0 Å². The van der Waals surface area contributed by atoms with E-state index in [2.05, 4.69) is 0 Å². The lowest BCUT2D eigenvalue weighted by molar-refractivity contribution is -0.330. The van der Waals surface area contributed by atoms with Gasteiger partial charge in [0.1, 0.15) is 0 Å². The summed E-state index contributed by atoms with van der Waals surface area (Å²) in [6, 6.07) is 0. The third-order valence-corrected chi connectivity index (χ3v) is 2.93. The van der Waals surface area contributed by atoms with E-state index in [0.717, 1.165) is 0 Å². The maximum absolute atomic E-state index is 12.3. The molecule has 1 aliphatic rings. The Kier molecular flexibility index (Phi) is 2.97. The molecule has 1 saturated carbocycles. The molecule has 90 valence electrons. The van der Waals surface area contributed by atoms with Crippen molar-refractivity contribution in [3.63, 3.8) is 0 Å². The summed E-state index contributed by atoms with van der Waals surface area (Å²) in [6.45, 7) is -1.07. The summed E-state index contributed by atoms with van der Waals surface area (Å²) in [5.74, 6) is -3.41. The van der Waals surface area contributed by atoms with E-state index >= 15 is 0 Å². The molecule has 0 amide bonds. The van der Waals surface area contributed by atoms with Crippen LogP contribution in [-0.2, 0) is 0 Å². The van der Waals surface area contributed by atoms with E-state index in [0.29, 0.717) is 6.42 Å². The van der Waals surface area contributed by atoms with Gasteiger partial charge in [-0.25, -0.2) is 0 Å². The van der Waals surface area contributed by atoms with Gasteiger partial charge < -0.3 is 5.11 Å². The summed E-state index contributed by atoms with van der Waals surface area (Å²) in [5.41, 5.74) is -2.05. The number of hydrogen-bond donors (Lipinski definition) is 1. The molecule has 0 spiro atoms. The monoisotopic (exact) mass is 236 g/mol. The van der Waals surface area contributed by atoms with Crippen LogP contribution < -0.4 is 0 Å². The lowest BCUT2D eigenvalue weighted by Crippen LogP contribution is -2.54. The molecular formula is C8H10F6O. The Balaban J connectivity index is 3.01. The number of rotatable bonds is 2. The van der Waals surface area contributed by atoms with Crippen molar-refractivity contribution in [1.29, 1.82) is 0 Å². The van der Waals surface area contributed by atoms with Gasteiger partial charge >= 0.3 is 12.4 Å². The van der Waals surface area contributed by atoms with E-state index in [1.165, 1.54) is 0 Å². The fourth-order valence-electron chi connectivity index (χ4n) is 2.05. The van der Waals surface area contributed by atoms with Gasteiger partial charge in [0.2, 0.25) is 0 Å². The lowest BCUT2D eigenvalue weighted by Gasteiger charge is -2.47. The van der Waals surface area contributed by atoms with Gasteiger partial charge in [-0.05, 0) is 12.8 Å². The molecule has 0 radical (unpaired) electrons. The molecule has 0 aromatic carbocycles. The summed E-state index contributed by atoms with van der Waals surface area (Å²) < 4.78 is 73.7. The van der Waals surface area contributed by atoms with Gasteiger partial charge in [0.25, 0.3) is 0 Å². The molecule has 0 unspecified atom stereocenters. The van der Waals surface area contributed by atoms with E-state index in [1.54, 1.807) is 0 Å². The van der Waals surface area contributed by atoms with Gasteiger partial charge in [-0.3, -0.25) is 0 Å². The Morgan fingerprint density at radius 2 is 1.40 bits per heavy atom. The number of alkyl halides is 6. The zero-order chi connectivity index (χ0) is 11.9. The maximum atomic E-state index is 12.3. The minimum absolute atomic E-state index is 0.229. The molecule has 0 saturated heterocycles. The molecule has 0 heterocycles. The van der Waals surface area contributed by atoms with E-state index in [-0.39, 0.29) is 12.8 Å². The van der Waals surface area contributed by atoms with Crippen molar-refractivity contribution in [3.8, 4) is 0 Å². The van der Waals surface area contributed by atoms with Crippen molar-refractivity contribution in [2.75, 3.05) is 6.61 Å². The highest BCUT2D eigenvalue weighted by Gasteiger charge is 2.67. The second-order valence-electron chi connectivity index (χ2n) is 3.89. The van der Waals surface area contributed by atoms with Crippen LogP contribution in [0.15, 0.2) is 0 Å². The largest absolute Gasteiger partial charge is 0.401 e. The van der Waals surface area contributed by atoms with Crippen LogP contribution >= 0.6 is 0 Å². The molecule has 0 aliphatic heterocycles. The van der Waals surface area contributed by atoms with Gasteiger partial charge in [0, 0.05) is 12.0 Å². The summed E-state index contributed by atoms with van der Waals surface area (Å²) in [7, 11) is 0. The first-order valence-electron chi connectivity index (χ1n) is 4.38. The number of hydrogen-bond acceptors (Lipinski definition) is 1. The SMILES string of the molecule is OCC1(C(C(F)(F)F)C(F)(F)F)CCC1. The average molecular weight is 236 g/mol. The highest BCUT2D eigenvalue weighted by Crippen LogP contribution is 2.58. The first-order chi connectivity index (χ1) is 6.63. The van der Waals surface area contributed by atoms with Crippen LogP contribution in [0.25, 0.3) is 0 Å². The summed E-state index contributed by atoms with van der Waals surface area (Å²) >= 11 is 0. The van der Waals surface area contributed by atoms with Crippen LogP contribution in [-0.4, -0.2) is 24.1 Å². The van der Waals surface area contributed by atoms with Crippen molar-refractivity contribution >= 4 is 0 Å². The normalized spacial score (nSPS) is 21.6. The van der Waals surface area contributed by atoms with Gasteiger partial charge in [-0.2, -0.15) is 26.3 Å². The van der Waals surface area contributed by atoms with Gasteiger partial charge in [0.05, 0.1) is 0 Å². The van der Waals surface area contributed by atoms with Crippen molar-refractivity contribution in [2.45, 2.75) is 31.6 Å². The van der Waals surface area contributed by atoms with E-state index in [4.69, 9.17) is 5.11 Å². The molecule has 1 nitrogen and oxygen atoms in total. The van der Waals surface area contributed by atoms with E-state index < -0.39 is 30.3 Å². The van der Waals surface area contributed by atoms with Crippen LogP contribution in [0.1, 0.15) is 19.3 Å². The second-order valence-corrected chi connectivity index (χ2v) is 3.89. The number of aliphatic hydroxyl groups is 1. The van der Waals surface area contributed by atoms with Crippen molar-refractivity contribution in [2.24, 2.45) is 11.3 Å². The predicted molar refractivity (Wildman–Crippen MR) is 39.0 cm³/mol. The molecule has 1 fully saturated rings. The Labute approximate surface area is 82.1 Å². The first-order valence-corrected chi connectivity index (χ1v) is 4.38. The second kappa shape index (κ2) is 3.54. The third-order valence-electron chi connectivity index (χ3n) is 2.93. The zero-order valence-corrected chi connectivity index (χ0v) is 7.62. The third kappa shape index (κ3) is 2.21. The Hall–Kier alpha value is -0.460. The molecular weight excluding hydrogens is 226 g/mol. The molecule has 0 aromatic heterocycles. The minimum atomic E-state index is -5.35. The van der Waals surface area contributed by atoms with E-state index in [1.807, 2.05) is 0 Å². The lowest BCUT2D eigenvalue weighted by atomic mass is 9.61. The fourth-order valence-corrected chi connectivity index (χ4v) is 2.05. The highest BCUT2D eigenvalue weighted by atomic mass is 19.4. The molecule has 7 heteroatoms. The van der Waals surface area contributed by atoms with E-state index in [9.17, 15) is 26.3 Å². The highest BCUT2D eigenvalue weighted by molar-refractivity contribution is 4.99. The Morgan fingerprint density at radius 1 is 1.00 bits per heavy atom. The van der Waals surface area contributed by atoms with Gasteiger partial charge in [-0.15, -0.1) is 0 Å². The molecule has 0 bridgehead atoms. The quantitative estimate of drug-likeness (QED) is 0.731. The number of aliphatic hydroxyl groups excluding tert-OH is 1. The molecule has 1 rings (SSSR count). The fraction of sp³-hybridized carbons (Fsp3) is 1.00. The van der Waals surface area contributed by atoms with Crippen molar-refractivity contribution in [1.82, 2.24) is 0 Å². The standard InChI is InChI=1S/C8H10F6O/c9-7(10,11)5(8(12,13)14)6(4-15)2-1-3-6/h5,15H,1-4H2. The first kappa shape index (κ1) is 12.6. The summed E-state index contributed by atoms with van der Waals surface area (Å²) in [6.07, 6.45) is -10.9. The van der Waals surface area contributed by atoms with Crippen molar-refractivity contribution < 1.29 is 31.4 Å². The summed E-state index contributed by atoms with van der Waals surface area (Å²) in [4.78, 5) is 0. The topological polar surface area (TPSA) is 20.2 Å². The number of halogens is 6. The molecule has 0 aromatic rings. The van der Waals surface area contributed by atoms with Crippen LogP contribution in [0, 0.1) is 11.3 Å². The Morgan fingerprint density at radius 3 is 1.47 bits per heavy atom. The molecule has 1 aliphatic carbocycles. The van der Waals surface area contributed by atoms with Gasteiger partial charge in [-0.1, -0.05) is 6.42 Å². The van der Waals surface area contributed by atoms with Gasteiger partial charge in [0.15, 0.2) is 5.92 Å². The molecule has 1 N–H and O–H groups in total.